The van der Waals surface area contributed by atoms with Crippen LogP contribution in [0.4, 0.5) is 17.1 Å². The van der Waals surface area contributed by atoms with Crippen molar-refractivity contribution < 1.29 is 4.42 Å². The molecule has 0 aliphatic heterocycles. The van der Waals surface area contributed by atoms with Crippen LogP contribution < -0.4 is 4.90 Å². The Morgan fingerprint density at radius 3 is 1.89 bits per heavy atom. The molecule has 0 N–H and O–H groups in total. The molecule has 0 bridgehead atoms. The number of para-hydroxylation sites is 3. The van der Waals surface area contributed by atoms with E-state index in [1.54, 1.807) is 0 Å². The molecule has 0 radical (unpaired) electrons. The van der Waals surface area contributed by atoms with Crippen molar-refractivity contribution >= 4 is 103 Å². The third-order valence-electron chi connectivity index (χ3n) is 12.6. The van der Waals surface area contributed by atoms with Crippen LogP contribution in [0.1, 0.15) is 0 Å². The van der Waals surface area contributed by atoms with E-state index in [0.717, 1.165) is 61.0 Å². The predicted octanol–water partition coefficient (Wildman–Crippen LogP) is 17.0. The van der Waals surface area contributed by atoms with Crippen LogP contribution in [0, 0.1) is 0 Å². The van der Waals surface area contributed by atoms with Gasteiger partial charge in [0.2, 0.25) is 0 Å². The maximum atomic E-state index is 6.75. The van der Waals surface area contributed by atoms with Gasteiger partial charge in [0.25, 0.3) is 0 Å². The van der Waals surface area contributed by atoms with Crippen LogP contribution in [0.25, 0.3) is 103 Å². The molecule has 3 aromatic heterocycles. The zero-order valence-corrected chi connectivity index (χ0v) is 34.3. The van der Waals surface area contributed by atoms with Gasteiger partial charge in [-0.25, -0.2) is 0 Å². The second-order valence-corrected chi connectivity index (χ2v) is 17.1. The summed E-state index contributed by atoms with van der Waals surface area (Å²) in [6.45, 7) is 0. The first-order valence-corrected chi connectivity index (χ1v) is 21.9. The summed E-state index contributed by atoms with van der Waals surface area (Å²) in [5.74, 6) is 0. The van der Waals surface area contributed by atoms with E-state index in [4.69, 9.17) is 4.42 Å². The van der Waals surface area contributed by atoms with Crippen molar-refractivity contribution in [2.24, 2.45) is 0 Å². The first-order valence-electron chi connectivity index (χ1n) is 21.1. The lowest BCUT2D eigenvalue weighted by atomic mass is 10.0. The van der Waals surface area contributed by atoms with Crippen LogP contribution in [0.5, 0.6) is 0 Å². The third kappa shape index (κ3) is 5.37. The number of thiophene rings is 1. The zero-order chi connectivity index (χ0) is 40.7. The largest absolute Gasteiger partial charge is 0.455 e. The minimum Gasteiger partial charge on any atom is -0.455 e. The molecule has 0 amide bonds. The first-order chi connectivity index (χ1) is 30.7. The fourth-order valence-electron chi connectivity index (χ4n) is 9.76. The van der Waals surface area contributed by atoms with E-state index >= 15 is 0 Å². The van der Waals surface area contributed by atoms with Gasteiger partial charge in [0.1, 0.15) is 11.2 Å². The van der Waals surface area contributed by atoms with Gasteiger partial charge in [0.15, 0.2) is 0 Å². The molecule has 62 heavy (non-hydrogen) atoms. The first kappa shape index (κ1) is 34.9. The van der Waals surface area contributed by atoms with Crippen LogP contribution in [0.15, 0.2) is 223 Å². The normalized spacial score (nSPS) is 11.9. The van der Waals surface area contributed by atoms with Crippen molar-refractivity contribution in [2.45, 2.75) is 0 Å². The quantitative estimate of drug-likeness (QED) is 0.167. The fraction of sp³-hybridized carbons (Fsp3) is 0. The SMILES string of the molecule is c1cc(-c2ccc3c(c2)sc2ccccc23)cc(N(c2ccc(-c3ccccc3-n3c4ccccc4c4ccccc43)cc2)c2cccc3oc4c5ccccc5ccc4c23)c1. The predicted molar refractivity (Wildman–Crippen MR) is 264 cm³/mol. The molecule has 0 spiro atoms. The lowest BCUT2D eigenvalue weighted by Crippen LogP contribution is -2.10. The Bertz CT molecular complexity index is 3830. The lowest BCUT2D eigenvalue weighted by Gasteiger charge is -2.27. The molecular formula is C58H36N2OS. The summed E-state index contributed by atoms with van der Waals surface area (Å²) in [5.41, 5.74) is 13.2. The molecule has 4 heteroatoms. The molecule has 0 unspecified atom stereocenters. The van der Waals surface area contributed by atoms with E-state index in [1.807, 2.05) is 11.3 Å². The Labute approximate surface area is 361 Å². The minimum absolute atomic E-state index is 0.863. The van der Waals surface area contributed by atoms with Crippen LogP contribution >= 0.6 is 11.3 Å². The van der Waals surface area contributed by atoms with E-state index in [2.05, 4.69) is 228 Å². The fourth-order valence-corrected chi connectivity index (χ4v) is 10.9. The van der Waals surface area contributed by atoms with Crippen LogP contribution in [-0.4, -0.2) is 4.57 Å². The number of rotatable bonds is 6. The minimum atomic E-state index is 0.863. The summed E-state index contributed by atoms with van der Waals surface area (Å²) in [6, 6.07) is 79.2. The van der Waals surface area contributed by atoms with Gasteiger partial charge in [0.05, 0.1) is 27.8 Å². The van der Waals surface area contributed by atoms with Gasteiger partial charge >= 0.3 is 0 Å². The van der Waals surface area contributed by atoms with Crippen molar-refractivity contribution in [3.63, 3.8) is 0 Å². The molecule has 13 rings (SSSR count). The highest BCUT2D eigenvalue weighted by molar-refractivity contribution is 7.25. The molecular weight excluding hydrogens is 773 g/mol. The molecule has 0 atom stereocenters. The second kappa shape index (κ2) is 13.8. The van der Waals surface area contributed by atoms with Crippen molar-refractivity contribution in [1.29, 1.82) is 0 Å². The number of aromatic nitrogens is 1. The summed E-state index contributed by atoms with van der Waals surface area (Å²) in [4.78, 5) is 2.40. The Balaban J connectivity index is 0.989. The summed E-state index contributed by atoms with van der Waals surface area (Å²) < 4.78 is 11.8. The molecule has 0 aliphatic rings. The van der Waals surface area contributed by atoms with E-state index < -0.39 is 0 Å². The molecule has 0 fully saturated rings. The van der Waals surface area contributed by atoms with E-state index in [1.165, 1.54) is 58.7 Å². The Morgan fingerprint density at radius 2 is 1.05 bits per heavy atom. The Morgan fingerprint density at radius 1 is 0.403 bits per heavy atom. The molecule has 0 saturated heterocycles. The molecule has 0 saturated carbocycles. The third-order valence-corrected chi connectivity index (χ3v) is 13.7. The summed E-state index contributed by atoms with van der Waals surface area (Å²) in [5, 5.41) is 9.59. The second-order valence-electron chi connectivity index (χ2n) is 16.0. The van der Waals surface area contributed by atoms with Gasteiger partial charge in [-0.05, 0) is 94.9 Å². The number of furan rings is 1. The maximum absolute atomic E-state index is 6.75. The van der Waals surface area contributed by atoms with Crippen LogP contribution in [0.2, 0.25) is 0 Å². The smallest absolute Gasteiger partial charge is 0.143 e. The zero-order valence-electron chi connectivity index (χ0n) is 33.5. The number of hydrogen-bond acceptors (Lipinski definition) is 3. The Kier molecular flexibility index (Phi) is 7.78. The summed E-state index contributed by atoms with van der Waals surface area (Å²) >= 11 is 1.86. The number of fused-ring (bicyclic) bond motifs is 11. The van der Waals surface area contributed by atoms with Crippen LogP contribution in [0.3, 0.4) is 0 Å². The highest BCUT2D eigenvalue weighted by Crippen LogP contribution is 2.46. The average molecular weight is 809 g/mol. The van der Waals surface area contributed by atoms with Gasteiger partial charge < -0.3 is 13.9 Å². The summed E-state index contributed by atoms with van der Waals surface area (Å²) in [7, 11) is 0. The van der Waals surface area contributed by atoms with E-state index in [0.29, 0.717) is 0 Å². The lowest BCUT2D eigenvalue weighted by molar-refractivity contribution is 0.672. The summed E-state index contributed by atoms with van der Waals surface area (Å²) in [6.07, 6.45) is 0. The van der Waals surface area contributed by atoms with E-state index in [-0.39, 0.29) is 0 Å². The van der Waals surface area contributed by atoms with Gasteiger partial charge in [0, 0.05) is 58.7 Å². The van der Waals surface area contributed by atoms with Crippen molar-refractivity contribution in [3.8, 4) is 27.9 Å². The van der Waals surface area contributed by atoms with E-state index in [9.17, 15) is 0 Å². The molecule has 10 aromatic carbocycles. The molecule has 0 aliphatic carbocycles. The van der Waals surface area contributed by atoms with Crippen LogP contribution in [-0.2, 0) is 0 Å². The Hall–Kier alpha value is -7.92. The average Bonchev–Trinajstić information content (AvgIpc) is 4.02. The monoisotopic (exact) mass is 808 g/mol. The number of hydrogen-bond donors (Lipinski definition) is 0. The van der Waals surface area contributed by atoms with Gasteiger partial charge in [-0.15, -0.1) is 11.3 Å². The van der Waals surface area contributed by atoms with Crippen molar-refractivity contribution in [3.05, 3.63) is 218 Å². The topological polar surface area (TPSA) is 21.3 Å². The number of nitrogens with zero attached hydrogens (tertiary/aromatic N) is 2. The number of benzene rings is 10. The highest BCUT2D eigenvalue weighted by Gasteiger charge is 2.22. The maximum Gasteiger partial charge on any atom is 0.143 e. The highest BCUT2D eigenvalue weighted by atomic mass is 32.1. The molecule has 290 valence electrons. The van der Waals surface area contributed by atoms with Crippen molar-refractivity contribution in [2.75, 3.05) is 4.90 Å². The molecule has 13 aromatic rings. The van der Waals surface area contributed by atoms with Gasteiger partial charge in [-0.2, -0.15) is 0 Å². The molecule has 3 heterocycles. The standard InChI is InChI=1S/C58H36N2OS/c1-2-17-44-37(13-1)29-34-49-57-53(24-12-25-54(57)61-58(44)49)59(42-15-11-14-39(35-42)40-30-33-48-47-20-6-10-26-55(47)62-56(48)36-40)41-31-27-38(28-32-41)43-16-3-7-21-50(43)60-51-22-8-4-18-45(51)46-19-5-9-23-52(46)60/h1-36H. The van der Waals surface area contributed by atoms with Crippen molar-refractivity contribution in [1.82, 2.24) is 4.57 Å². The molecule has 3 nitrogen and oxygen atoms in total. The van der Waals surface area contributed by atoms with Gasteiger partial charge in [-0.1, -0.05) is 146 Å². The number of anilines is 3. The van der Waals surface area contributed by atoms with Gasteiger partial charge in [-0.3, -0.25) is 0 Å².